The maximum Gasteiger partial charge on any atom is 0.313 e. The number of anilines is 1. The number of nitrogens with zero attached hydrogens (tertiary/aromatic N) is 1. The monoisotopic (exact) mass is 231 g/mol. The van der Waals surface area contributed by atoms with E-state index in [1.165, 1.54) is 0 Å². The molecule has 0 saturated carbocycles. The third-order valence-corrected chi connectivity index (χ3v) is 2.39. The number of nitriles is 1. The molecule has 2 amide bonds. The van der Waals surface area contributed by atoms with E-state index in [0.29, 0.717) is 5.69 Å². The summed E-state index contributed by atoms with van der Waals surface area (Å²) in [6, 6.07) is 7.16. The normalized spacial score (nSPS) is 9.24. The van der Waals surface area contributed by atoms with Crippen LogP contribution in [0.3, 0.4) is 0 Å². The molecular weight excluding hydrogens is 218 g/mol. The van der Waals surface area contributed by atoms with Gasteiger partial charge in [0, 0.05) is 5.69 Å². The summed E-state index contributed by atoms with van der Waals surface area (Å²) < 4.78 is 0. The van der Waals surface area contributed by atoms with E-state index in [1.54, 1.807) is 18.2 Å². The minimum Gasteiger partial charge on any atom is -0.335 e. The SMILES string of the molecule is Cc1cccc(NC(=O)C(=O)NCC#N)c1C. The second-order valence-electron chi connectivity index (χ2n) is 3.54. The van der Waals surface area contributed by atoms with E-state index in [-0.39, 0.29) is 6.54 Å². The van der Waals surface area contributed by atoms with Crippen molar-refractivity contribution in [1.29, 1.82) is 5.26 Å². The van der Waals surface area contributed by atoms with Crippen molar-refractivity contribution in [3.05, 3.63) is 29.3 Å². The zero-order chi connectivity index (χ0) is 12.8. The molecule has 5 heteroatoms. The third-order valence-electron chi connectivity index (χ3n) is 2.39. The van der Waals surface area contributed by atoms with Gasteiger partial charge in [-0.3, -0.25) is 9.59 Å². The molecule has 88 valence electrons. The van der Waals surface area contributed by atoms with Crippen LogP contribution in [0.5, 0.6) is 0 Å². The van der Waals surface area contributed by atoms with Gasteiger partial charge < -0.3 is 10.6 Å². The molecule has 17 heavy (non-hydrogen) atoms. The van der Waals surface area contributed by atoms with Gasteiger partial charge in [-0.15, -0.1) is 0 Å². The van der Waals surface area contributed by atoms with Gasteiger partial charge in [-0.05, 0) is 31.0 Å². The highest BCUT2D eigenvalue weighted by Gasteiger charge is 2.13. The van der Waals surface area contributed by atoms with Crippen LogP contribution in [0.1, 0.15) is 11.1 Å². The van der Waals surface area contributed by atoms with E-state index in [0.717, 1.165) is 11.1 Å². The van der Waals surface area contributed by atoms with Gasteiger partial charge >= 0.3 is 11.8 Å². The Hall–Kier alpha value is -2.35. The van der Waals surface area contributed by atoms with Gasteiger partial charge in [-0.25, -0.2) is 0 Å². The molecule has 0 aromatic heterocycles. The molecule has 0 aliphatic carbocycles. The van der Waals surface area contributed by atoms with E-state index < -0.39 is 11.8 Å². The molecule has 0 heterocycles. The summed E-state index contributed by atoms with van der Waals surface area (Å²) in [6.07, 6.45) is 0. The van der Waals surface area contributed by atoms with E-state index in [2.05, 4.69) is 10.6 Å². The Balaban J connectivity index is 2.72. The Morgan fingerprint density at radius 1 is 1.29 bits per heavy atom. The van der Waals surface area contributed by atoms with E-state index in [1.807, 2.05) is 19.9 Å². The fourth-order valence-electron chi connectivity index (χ4n) is 1.27. The molecule has 1 rings (SSSR count). The largest absolute Gasteiger partial charge is 0.335 e. The van der Waals surface area contributed by atoms with E-state index in [9.17, 15) is 9.59 Å². The van der Waals surface area contributed by atoms with Crippen LogP contribution in [0.2, 0.25) is 0 Å². The van der Waals surface area contributed by atoms with Gasteiger partial charge in [0.15, 0.2) is 0 Å². The number of rotatable bonds is 2. The summed E-state index contributed by atoms with van der Waals surface area (Å²) in [5.74, 6) is -1.58. The predicted octanol–water partition coefficient (Wildman–Crippen LogP) is 0.882. The zero-order valence-electron chi connectivity index (χ0n) is 9.70. The topological polar surface area (TPSA) is 82.0 Å². The Labute approximate surface area is 99.4 Å². The van der Waals surface area contributed by atoms with Gasteiger partial charge in [0.1, 0.15) is 6.54 Å². The molecule has 0 spiro atoms. The number of hydrogen-bond donors (Lipinski definition) is 2. The predicted molar refractivity (Wildman–Crippen MR) is 63.2 cm³/mol. The summed E-state index contributed by atoms with van der Waals surface area (Å²) in [5, 5.41) is 12.9. The van der Waals surface area contributed by atoms with Crippen molar-refractivity contribution in [2.24, 2.45) is 0 Å². The number of nitrogens with one attached hydrogen (secondary N) is 2. The van der Waals surface area contributed by atoms with Gasteiger partial charge in [-0.1, -0.05) is 12.1 Å². The minimum atomic E-state index is -0.813. The minimum absolute atomic E-state index is 0.181. The Kier molecular flexibility index (Phi) is 4.23. The van der Waals surface area contributed by atoms with Crippen molar-refractivity contribution < 1.29 is 9.59 Å². The van der Waals surface area contributed by atoms with Crippen LogP contribution in [-0.2, 0) is 9.59 Å². The van der Waals surface area contributed by atoms with Crippen LogP contribution >= 0.6 is 0 Å². The number of hydrogen-bond acceptors (Lipinski definition) is 3. The second kappa shape index (κ2) is 5.66. The summed E-state index contributed by atoms with van der Waals surface area (Å²) in [7, 11) is 0. The molecule has 0 aliphatic rings. The molecule has 0 bridgehead atoms. The maximum absolute atomic E-state index is 11.4. The van der Waals surface area contributed by atoms with Crippen LogP contribution in [-0.4, -0.2) is 18.4 Å². The van der Waals surface area contributed by atoms with Gasteiger partial charge in [0.2, 0.25) is 0 Å². The Morgan fingerprint density at radius 3 is 2.65 bits per heavy atom. The smallest absolute Gasteiger partial charge is 0.313 e. The van der Waals surface area contributed by atoms with Gasteiger partial charge in [0.25, 0.3) is 0 Å². The lowest BCUT2D eigenvalue weighted by Gasteiger charge is -2.09. The molecule has 5 nitrogen and oxygen atoms in total. The second-order valence-corrected chi connectivity index (χ2v) is 3.54. The maximum atomic E-state index is 11.4. The highest BCUT2D eigenvalue weighted by atomic mass is 16.2. The first kappa shape index (κ1) is 12.7. The molecule has 0 saturated heterocycles. The summed E-state index contributed by atoms with van der Waals surface area (Å²) in [5.41, 5.74) is 2.54. The number of amides is 2. The molecular formula is C12H13N3O2. The fraction of sp³-hybridized carbons (Fsp3) is 0.250. The van der Waals surface area contributed by atoms with Crippen molar-refractivity contribution >= 4 is 17.5 Å². The van der Waals surface area contributed by atoms with Crippen molar-refractivity contribution in [3.63, 3.8) is 0 Å². The molecule has 0 atom stereocenters. The van der Waals surface area contributed by atoms with Crippen LogP contribution in [0, 0.1) is 25.2 Å². The zero-order valence-corrected chi connectivity index (χ0v) is 9.70. The molecule has 2 N–H and O–H groups in total. The number of carbonyl (C=O) groups is 2. The van der Waals surface area contributed by atoms with E-state index in [4.69, 9.17) is 5.26 Å². The fourth-order valence-corrected chi connectivity index (χ4v) is 1.27. The lowest BCUT2D eigenvalue weighted by Crippen LogP contribution is -2.35. The standard InChI is InChI=1S/C12H13N3O2/c1-8-4-3-5-10(9(8)2)15-12(17)11(16)14-7-6-13/h3-5H,7H2,1-2H3,(H,14,16)(H,15,17). The Bertz CT molecular complexity index is 489. The lowest BCUT2D eigenvalue weighted by molar-refractivity contribution is -0.136. The third kappa shape index (κ3) is 3.31. The highest BCUT2D eigenvalue weighted by molar-refractivity contribution is 6.39. The first-order valence-electron chi connectivity index (χ1n) is 5.08. The van der Waals surface area contributed by atoms with E-state index >= 15 is 0 Å². The first-order chi connectivity index (χ1) is 8.06. The van der Waals surface area contributed by atoms with Crippen LogP contribution in [0.15, 0.2) is 18.2 Å². The van der Waals surface area contributed by atoms with Crippen molar-refractivity contribution in [2.75, 3.05) is 11.9 Å². The molecule has 1 aromatic rings. The highest BCUT2D eigenvalue weighted by Crippen LogP contribution is 2.17. The summed E-state index contributed by atoms with van der Waals surface area (Å²) in [6.45, 7) is 3.60. The van der Waals surface area contributed by atoms with Crippen LogP contribution in [0.25, 0.3) is 0 Å². The lowest BCUT2D eigenvalue weighted by atomic mass is 10.1. The molecule has 0 unspecified atom stereocenters. The van der Waals surface area contributed by atoms with Crippen LogP contribution in [0.4, 0.5) is 5.69 Å². The van der Waals surface area contributed by atoms with Crippen molar-refractivity contribution in [1.82, 2.24) is 5.32 Å². The number of benzene rings is 1. The Morgan fingerprint density at radius 2 is 2.00 bits per heavy atom. The quantitative estimate of drug-likeness (QED) is 0.585. The van der Waals surface area contributed by atoms with Gasteiger partial charge in [0.05, 0.1) is 6.07 Å². The number of carbonyl (C=O) groups excluding carboxylic acids is 2. The first-order valence-corrected chi connectivity index (χ1v) is 5.08. The molecule has 0 fully saturated rings. The van der Waals surface area contributed by atoms with Crippen molar-refractivity contribution in [2.45, 2.75) is 13.8 Å². The number of aryl methyl sites for hydroxylation is 1. The average Bonchev–Trinajstić information content (AvgIpc) is 2.31. The van der Waals surface area contributed by atoms with Crippen LogP contribution < -0.4 is 10.6 Å². The molecule has 0 radical (unpaired) electrons. The molecule has 1 aromatic carbocycles. The van der Waals surface area contributed by atoms with Crippen molar-refractivity contribution in [3.8, 4) is 6.07 Å². The molecule has 0 aliphatic heterocycles. The summed E-state index contributed by atoms with van der Waals surface area (Å²) in [4.78, 5) is 22.7. The summed E-state index contributed by atoms with van der Waals surface area (Å²) >= 11 is 0. The average molecular weight is 231 g/mol. The van der Waals surface area contributed by atoms with Gasteiger partial charge in [-0.2, -0.15) is 5.26 Å².